The molecule has 0 atom stereocenters. The second-order valence-electron chi connectivity index (χ2n) is 7.62. The van der Waals surface area contributed by atoms with Crippen LogP contribution in [0.25, 0.3) is 33.5 Å². The smallest absolute Gasteiger partial charge is 0.282 e. The zero-order valence-electron chi connectivity index (χ0n) is 18.7. The Morgan fingerprint density at radius 3 is 2.68 bits per heavy atom. The van der Waals surface area contributed by atoms with Gasteiger partial charge in [-0.05, 0) is 55.5 Å². The molecule has 34 heavy (non-hydrogen) atoms. The van der Waals surface area contributed by atoms with Crippen molar-refractivity contribution < 1.29 is 13.9 Å². The highest BCUT2D eigenvalue weighted by Crippen LogP contribution is 2.31. The fourth-order valence-corrected chi connectivity index (χ4v) is 4.10. The molecule has 2 heterocycles. The molecule has 0 N–H and O–H groups in total. The number of fused-ring (bicyclic) bond motifs is 2. The van der Waals surface area contributed by atoms with E-state index in [1.807, 2.05) is 25.1 Å². The number of ether oxygens (including phenoxy) is 2. The van der Waals surface area contributed by atoms with Crippen molar-refractivity contribution in [2.45, 2.75) is 6.92 Å². The van der Waals surface area contributed by atoms with Gasteiger partial charge in [0.2, 0.25) is 5.82 Å². The maximum atomic E-state index is 13.4. The van der Waals surface area contributed by atoms with Gasteiger partial charge in [0.05, 0.1) is 31.3 Å². The Balaban J connectivity index is 1.72. The summed E-state index contributed by atoms with van der Waals surface area (Å²) in [5.41, 5.74) is 2.37. The number of hydrogen-bond donors (Lipinski definition) is 0. The average molecular weight is 474 g/mol. The minimum absolute atomic E-state index is 0.275. The largest absolute Gasteiger partial charge is 0.496 e. The number of rotatable bonds is 5. The summed E-state index contributed by atoms with van der Waals surface area (Å²) in [6, 6.07) is 17.9. The van der Waals surface area contributed by atoms with Gasteiger partial charge >= 0.3 is 0 Å². The van der Waals surface area contributed by atoms with E-state index in [1.165, 1.54) is 4.68 Å². The minimum atomic E-state index is -0.320. The Bertz CT molecular complexity index is 1640. The van der Waals surface area contributed by atoms with Gasteiger partial charge in [0.1, 0.15) is 17.1 Å². The second-order valence-corrected chi connectivity index (χ2v) is 8.06. The first kappa shape index (κ1) is 21.7. The maximum Gasteiger partial charge on any atom is 0.282 e. The highest BCUT2D eigenvalue weighted by atomic mass is 35.5. The van der Waals surface area contributed by atoms with Crippen molar-refractivity contribution in [1.82, 2.24) is 9.66 Å². The van der Waals surface area contributed by atoms with Crippen LogP contribution in [-0.4, -0.2) is 30.1 Å². The van der Waals surface area contributed by atoms with Gasteiger partial charge in [-0.3, -0.25) is 4.79 Å². The highest BCUT2D eigenvalue weighted by molar-refractivity contribution is 6.31. The average Bonchev–Trinajstić information content (AvgIpc) is 3.26. The highest BCUT2D eigenvalue weighted by Gasteiger charge is 2.17. The standard InChI is InChI=1S/C26H20ClN3O4/c1-15-21(32-2)10-8-16(24(15)33-3)14-28-30-25(29-20-7-5-4-6-19(20)26(30)31)23-13-17-12-18(27)9-11-22(17)34-23/h4-14H,1-3H3. The molecule has 5 rings (SSSR count). The molecule has 0 amide bonds. The molecule has 0 fully saturated rings. The van der Waals surface area contributed by atoms with Crippen LogP contribution in [-0.2, 0) is 0 Å². The molecular weight excluding hydrogens is 454 g/mol. The maximum absolute atomic E-state index is 13.4. The molecule has 0 radical (unpaired) electrons. The lowest BCUT2D eigenvalue weighted by Crippen LogP contribution is -2.20. The molecule has 0 aliphatic rings. The van der Waals surface area contributed by atoms with E-state index >= 15 is 0 Å². The van der Waals surface area contributed by atoms with Gasteiger partial charge < -0.3 is 13.9 Å². The normalized spacial score (nSPS) is 11.5. The first-order valence-electron chi connectivity index (χ1n) is 10.5. The van der Waals surface area contributed by atoms with Crippen LogP contribution in [0.15, 0.2) is 75.0 Å². The number of furan rings is 1. The van der Waals surface area contributed by atoms with E-state index in [9.17, 15) is 4.79 Å². The van der Waals surface area contributed by atoms with Gasteiger partial charge in [-0.1, -0.05) is 23.7 Å². The zero-order chi connectivity index (χ0) is 23.8. The molecule has 5 aromatic rings. The van der Waals surface area contributed by atoms with Crippen LogP contribution in [0.1, 0.15) is 11.1 Å². The second kappa shape index (κ2) is 8.68. The van der Waals surface area contributed by atoms with Gasteiger partial charge in [0.15, 0.2) is 5.76 Å². The summed E-state index contributed by atoms with van der Waals surface area (Å²) < 4.78 is 18.2. The van der Waals surface area contributed by atoms with E-state index in [2.05, 4.69) is 5.10 Å². The third-order valence-electron chi connectivity index (χ3n) is 5.58. The van der Waals surface area contributed by atoms with Crippen LogP contribution >= 0.6 is 11.6 Å². The molecule has 3 aromatic carbocycles. The number of para-hydroxylation sites is 1. The zero-order valence-corrected chi connectivity index (χ0v) is 19.5. The number of nitrogens with zero attached hydrogens (tertiary/aromatic N) is 3. The monoisotopic (exact) mass is 473 g/mol. The van der Waals surface area contributed by atoms with E-state index in [4.69, 9.17) is 30.5 Å². The van der Waals surface area contributed by atoms with E-state index in [1.54, 1.807) is 62.9 Å². The molecular formula is C26H20ClN3O4. The fraction of sp³-hybridized carbons (Fsp3) is 0.115. The number of benzene rings is 3. The topological polar surface area (TPSA) is 78.9 Å². The van der Waals surface area contributed by atoms with Crippen molar-refractivity contribution >= 4 is 39.7 Å². The Labute approximate surface area is 199 Å². The Hall–Kier alpha value is -4.10. The molecule has 0 saturated heterocycles. The first-order valence-corrected chi connectivity index (χ1v) is 10.8. The van der Waals surface area contributed by atoms with Gasteiger partial charge in [-0.25, -0.2) is 4.98 Å². The molecule has 0 bridgehead atoms. The predicted octanol–water partition coefficient (Wildman–Crippen LogP) is 5.67. The lowest BCUT2D eigenvalue weighted by Gasteiger charge is -2.12. The summed E-state index contributed by atoms with van der Waals surface area (Å²) in [7, 11) is 3.18. The van der Waals surface area contributed by atoms with Crippen molar-refractivity contribution in [3.63, 3.8) is 0 Å². The van der Waals surface area contributed by atoms with Crippen molar-refractivity contribution in [3.8, 4) is 23.1 Å². The van der Waals surface area contributed by atoms with Crippen LogP contribution < -0.4 is 15.0 Å². The van der Waals surface area contributed by atoms with Crippen molar-refractivity contribution in [2.24, 2.45) is 5.10 Å². The Kier molecular flexibility index (Phi) is 5.55. The molecule has 0 aliphatic heterocycles. The van der Waals surface area contributed by atoms with Crippen molar-refractivity contribution in [3.05, 3.63) is 87.2 Å². The molecule has 8 heteroatoms. The molecule has 2 aromatic heterocycles. The van der Waals surface area contributed by atoms with Crippen LogP contribution in [0.5, 0.6) is 11.5 Å². The lowest BCUT2D eigenvalue weighted by atomic mass is 10.1. The molecule has 0 unspecified atom stereocenters. The van der Waals surface area contributed by atoms with E-state index in [-0.39, 0.29) is 11.4 Å². The molecule has 0 saturated carbocycles. The van der Waals surface area contributed by atoms with E-state index < -0.39 is 0 Å². The quantitative estimate of drug-likeness (QED) is 0.307. The summed E-state index contributed by atoms with van der Waals surface area (Å²) in [5, 5.41) is 6.34. The van der Waals surface area contributed by atoms with Crippen LogP contribution in [0.3, 0.4) is 0 Å². The molecule has 0 aliphatic carbocycles. The number of aromatic nitrogens is 2. The Morgan fingerprint density at radius 2 is 1.88 bits per heavy atom. The molecule has 0 spiro atoms. The number of halogens is 1. The summed E-state index contributed by atoms with van der Waals surface area (Å²) in [4.78, 5) is 18.1. The minimum Gasteiger partial charge on any atom is -0.496 e. The summed E-state index contributed by atoms with van der Waals surface area (Å²) in [5.74, 6) is 1.97. The molecule has 170 valence electrons. The predicted molar refractivity (Wildman–Crippen MR) is 133 cm³/mol. The van der Waals surface area contributed by atoms with E-state index in [0.717, 1.165) is 10.9 Å². The van der Waals surface area contributed by atoms with E-state index in [0.29, 0.717) is 44.3 Å². The number of methoxy groups -OCH3 is 2. The third-order valence-corrected chi connectivity index (χ3v) is 5.81. The van der Waals surface area contributed by atoms with Crippen molar-refractivity contribution in [1.29, 1.82) is 0 Å². The fourth-order valence-electron chi connectivity index (χ4n) is 3.92. The van der Waals surface area contributed by atoms with Gasteiger partial charge in [-0.2, -0.15) is 9.78 Å². The molecule has 7 nitrogen and oxygen atoms in total. The van der Waals surface area contributed by atoms with Crippen LogP contribution in [0, 0.1) is 6.92 Å². The SMILES string of the molecule is COc1ccc(C=Nn2c(-c3cc4cc(Cl)ccc4o3)nc3ccccc3c2=O)c(OC)c1C. The Morgan fingerprint density at radius 1 is 1.06 bits per heavy atom. The van der Waals surface area contributed by atoms with Gasteiger partial charge in [0, 0.05) is 21.5 Å². The van der Waals surface area contributed by atoms with Crippen LogP contribution in [0.2, 0.25) is 5.02 Å². The summed E-state index contributed by atoms with van der Waals surface area (Å²) in [6.45, 7) is 1.89. The summed E-state index contributed by atoms with van der Waals surface area (Å²) >= 11 is 6.13. The van der Waals surface area contributed by atoms with Crippen LogP contribution in [0.4, 0.5) is 0 Å². The van der Waals surface area contributed by atoms with Gasteiger partial charge in [0.25, 0.3) is 5.56 Å². The number of hydrogen-bond acceptors (Lipinski definition) is 6. The van der Waals surface area contributed by atoms with Crippen molar-refractivity contribution in [2.75, 3.05) is 14.2 Å². The lowest BCUT2D eigenvalue weighted by molar-refractivity contribution is 0.388. The third kappa shape index (κ3) is 3.70. The first-order chi connectivity index (χ1) is 16.5. The summed E-state index contributed by atoms with van der Waals surface area (Å²) in [6.07, 6.45) is 1.56. The van der Waals surface area contributed by atoms with Gasteiger partial charge in [-0.15, -0.1) is 0 Å².